The zero-order valence-electron chi connectivity index (χ0n) is 14.4. The van der Waals surface area contributed by atoms with Crippen molar-refractivity contribution in [1.29, 1.82) is 0 Å². The van der Waals surface area contributed by atoms with E-state index in [1.165, 1.54) is 0 Å². The van der Waals surface area contributed by atoms with E-state index in [2.05, 4.69) is 29.7 Å². The normalized spacial score (nSPS) is 19.2. The second-order valence-electron chi connectivity index (χ2n) is 7.17. The molecule has 4 heterocycles. The summed E-state index contributed by atoms with van der Waals surface area (Å²) >= 11 is 0. The van der Waals surface area contributed by atoms with Crippen LogP contribution in [0, 0.1) is 0 Å². The molecule has 7 heteroatoms. The van der Waals surface area contributed by atoms with Crippen LogP contribution in [0.15, 0.2) is 43.1 Å². The summed E-state index contributed by atoms with van der Waals surface area (Å²) in [6.07, 6.45) is 9.13. The van der Waals surface area contributed by atoms with Gasteiger partial charge in [-0.3, -0.25) is 14.7 Å². The minimum atomic E-state index is 0.101. The number of nitrogens with zero attached hydrogens (tertiary/aromatic N) is 5. The van der Waals surface area contributed by atoms with E-state index < -0.39 is 0 Å². The average molecular weight is 348 g/mol. The first kappa shape index (κ1) is 15.5. The number of rotatable bonds is 4. The van der Waals surface area contributed by atoms with Crippen molar-refractivity contribution in [3.63, 3.8) is 0 Å². The van der Waals surface area contributed by atoms with Crippen LogP contribution in [0.5, 0.6) is 0 Å². The first-order valence-corrected chi connectivity index (χ1v) is 8.97. The zero-order chi connectivity index (χ0) is 17.6. The van der Waals surface area contributed by atoms with Crippen molar-refractivity contribution in [3.8, 4) is 0 Å². The Labute approximate surface area is 151 Å². The molecular weight excluding hydrogens is 328 g/mol. The van der Waals surface area contributed by atoms with Gasteiger partial charge in [-0.1, -0.05) is 0 Å². The Morgan fingerprint density at radius 2 is 2.15 bits per heavy atom. The molecule has 132 valence electrons. The summed E-state index contributed by atoms with van der Waals surface area (Å²) in [5, 5.41) is 1.06. The van der Waals surface area contributed by atoms with Gasteiger partial charge in [-0.2, -0.15) is 0 Å². The number of H-pyrrole nitrogens is 1. The van der Waals surface area contributed by atoms with Gasteiger partial charge >= 0.3 is 0 Å². The number of hydrogen-bond acceptors (Lipinski definition) is 6. The Hall–Kier alpha value is -2.80. The Bertz CT molecular complexity index is 949. The number of Topliss-reactive ketones (excluding diaryl/α,β-unsaturated/α-hetero) is 1. The molecular formula is C19H20N6O. The number of carbonyl (C=O) groups excluding carboxylic acids is 1. The number of hydrogen-bond donors (Lipinski definition) is 1. The monoisotopic (exact) mass is 348 g/mol. The van der Waals surface area contributed by atoms with E-state index in [0.29, 0.717) is 12.1 Å². The number of anilines is 1. The Morgan fingerprint density at radius 3 is 2.96 bits per heavy atom. The van der Waals surface area contributed by atoms with Crippen molar-refractivity contribution < 1.29 is 4.79 Å². The summed E-state index contributed by atoms with van der Waals surface area (Å²) < 4.78 is 0. The summed E-state index contributed by atoms with van der Waals surface area (Å²) in [7, 11) is 0. The molecule has 1 saturated heterocycles. The minimum absolute atomic E-state index is 0.101. The summed E-state index contributed by atoms with van der Waals surface area (Å²) in [6.45, 7) is 3.09. The molecule has 0 unspecified atom stereocenters. The molecule has 26 heavy (non-hydrogen) atoms. The van der Waals surface area contributed by atoms with Crippen LogP contribution >= 0.6 is 0 Å². The average Bonchev–Trinajstić information content (AvgIpc) is 3.27. The Balaban J connectivity index is 1.35. The lowest BCUT2D eigenvalue weighted by Gasteiger charge is -2.42. The van der Waals surface area contributed by atoms with Crippen LogP contribution in [0.25, 0.3) is 11.0 Å². The van der Waals surface area contributed by atoms with E-state index >= 15 is 0 Å². The highest BCUT2D eigenvalue weighted by Gasteiger charge is 2.51. The number of aromatic amines is 1. The topological polar surface area (TPSA) is 78.0 Å². The molecule has 1 aliphatic heterocycles. The number of nitrogens with one attached hydrogen (secondary N) is 1. The maximum absolute atomic E-state index is 12.6. The lowest BCUT2D eigenvalue weighted by Crippen LogP contribution is -2.56. The molecule has 3 aromatic heterocycles. The lowest BCUT2D eigenvalue weighted by atomic mass is 10.1. The fourth-order valence-corrected chi connectivity index (χ4v) is 3.96. The Morgan fingerprint density at radius 1 is 1.23 bits per heavy atom. The fraction of sp³-hybridized carbons (Fsp3) is 0.368. The van der Waals surface area contributed by atoms with Gasteiger partial charge in [0.15, 0.2) is 5.78 Å². The van der Waals surface area contributed by atoms with Crippen molar-refractivity contribution in [2.75, 3.05) is 31.1 Å². The molecule has 1 saturated carbocycles. The van der Waals surface area contributed by atoms with Crippen LogP contribution in [0.2, 0.25) is 0 Å². The molecule has 1 spiro atoms. The third-order valence-electron chi connectivity index (χ3n) is 5.57. The summed E-state index contributed by atoms with van der Waals surface area (Å²) in [5.41, 5.74) is 1.66. The molecule has 3 aromatic rings. The SMILES string of the molecule is O=C(CN1CCN(c2ncnc3[nH]ccc23)CC12CC2)c1cccnc1. The number of carbonyl (C=O) groups is 1. The van der Waals surface area contributed by atoms with Gasteiger partial charge in [-0.05, 0) is 31.0 Å². The van der Waals surface area contributed by atoms with Gasteiger partial charge in [0, 0.05) is 49.3 Å². The van der Waals surface area contributed by atoms with E-state index in [1.54, 1.807) is 18.7 Å². The van der Waals surface area contributed by atoms with Gasteiger partial charge in [0.2, 0.25) is 0 Å². The van der Waals surface area contributed by atoms with E-state index in [0.717, 1.165) is 49.3 Å². The van der Waals surface area contributed by atoms with Crippen LogP contribution in [0.4, 0.5) is 5.82 Å². The number of aromatic nitrogens is 4. The van der Waals surface area contributed by atoms with E-state index in [9.17, 15) is 4.79 Å². The lowest BCUT2D eigenvalue weighted by molar-refractivity contribution is 0.0851. The highest BCUT2D eigenvalue weighted by molar-refractivity contribution is 5.97. The highest BCUT2D eigenvalue weighted by Crippen LogP contribution is 2.45. The molecule has 0 radical (unpaired) electrons. The molecule has 0 amide bonds. The Kier molecular flexibility index (Phi) is 3.49. The molecule has 2 aliphatic rings. The van der Waals surface area contributed by atoms with E-state index in [4.69, 9.17) is 0 Å². The van der Waals surface area contributed by atoms with Gasteiger partial charge in [0.25, 0.3) is 0 Å². The molecule has 0 atom stereocenters. The van der Waals surface area contributed by atoms with Crippen LogP contribution in [-0.2, 0) is 0 Å². The molecule has 7 nitrogen and oxygen atoms in total. The summed E-state index contributed by atoms with van der Waals surface area (Å²) in [6, 6.07) is 5.69. The highest BCUT2D eigenvalue weighted by atomic mass is 16.1. The van der Waals surface area contributed by atoms with E-state index in [1.807, 2.05) is 24.4 Å². The smallest absolute Gasteiger partial charge is 0.178 e. The van der Waals surface area contributed by atoms with Gasteiger partial charge in [0.1, 0.15) is 17.8 Å². The summed E-state index contributed by atoms with van der Waals surface area (Å²) in [5.74, 6) is 1.13. The van der Waals surface area contributed by atoms with Gasteiger partial charge in [-0.15, -0.1) is 0 Å². The standard InChI is InChI=1S/C19H20N6O/c26-16(14-2-1-6-20-10-14)11-25-9-8-24(12-19(25)4-5-19)18-15-3-7-21-17(15)22-13-23-18/h1-3,6-7,10,13H,4-5,8-9,11-12H2,(H,21,22,23). The van der Waals surface area contributed by atoms with Crippen molar-refractivity contribution in [3.05, 3.63) is 48.7 Å². The fourth-order valence-electron chi connectivity index (χ4n) is 3.96. The summed E-state index contributed by atoms with van der Waals surface area (Å²) in [4.78, 5) is 33.3. The predicted octanol–water partition coefficient (Wildman–Crippen LogP) is 1.89. The van der Waals surface area contributed by atoms with Crippen LogP contribution < -0.4 is 4.90 Å². The molecule has 5 rings (SSSR count). The van der Waals surface area contributed by atoms with Crippen molar-refractivity contribution in [1.82, 2.24) is 24.8 Å². The largest absolute Gasteiger partial charge is 0.353 e. The van der Waals surface area contributed by atoms with Crippen molar-refractivity contribution in [2.24, 2.45) is 0 Å². The number of piperazine rings is 1. The third-order valence-corrected chi connectivity index (χ3v) is 5.57. The minimum Gasteiger partial charge on any atom is -0.353 e. The predicted molar refractivity (Wildman–Crippen MR) is 98.2 cm³/mol. The molecule has 2 fully saturated rings. The maximum atomic E-state index is 12.6. The van der Waals surface area contributed by atoms with Gasteiger partial charge in [0.05, 0.1) is 11.9 Å². The second-order valence-corrected chi connectivity index (χ2v) is 7.17. The molecule has 0 aromatic carbocycles. The first-order valence-electron chi connectivity index (χ1n) is 8.97. The van der Waals surface area contributed by atoms with E-state index in [-0.39, 0.29) is 11.3 Å². The van der Waals surface area contributed by atoms with Crippen LogP contribution in [0.1, 0.15) is 23.2 Å². The molecule has 1 aliphatic carbocycles. The number of fused-ring (bicyclic) bond motifs is 1. The molecule has 0 bridgehead atoms. The molecule has 1 N–H and O–H groups in total. The zero-order valence-corrected chi connectivity index (χ0v) is 14.4. The third kappa shape index (κ3) is 2.55. The number of pyridine rings is 1. The quantitative estimate of drug-likeness (QED) is 0.726. The van der Waals surface area contributed by atoms with Crippen LogP contribution in [-0.4, -0.2) is 62.3 Å². The van der Waals surface area contributed by atoms with Crippen molar-refractivity contribution >= 4 is 22.6 Å². The maximum Gasteiger partial charge on any atom is 0.178 e. The van der Waals surface area contributed by atoms with Gasteiger partial charge < -0.3 is 9.88 Å². The second kappa shape index (κ2) is 5.88. The first-order chi connectivity index (χ1) is 12.8. The van der Waals surface area contributed by atoms with Crippen LogP contribution in [0.3, 0.4) is 0 Å². The van der Waals surface area contributed by atoms with Crippen molar-refractivity contribution in [2.45, 2.75) is 18.4 Å². The van der Waals surface area contributed by atoms with Gasteiger partial charge in [-0.25, -0.2) is 9.97 Å². The number of ketones is 1.